The molecule has 34 heavy (non-hydrogen) atoms. The Morgan fingerprint density at radius 2 is 0.912 bits per heavy atom. The number of benzene rings is 2. The van der Waals surface area contributed by atoms with Crippen LogP contribution in [0.1, 0.15) is 63.5 Å². The van der Waals surface area contributed by atoms with E-state index in [1.807, 2.05) is 0 Å². The van der Waals surface area contributed by atoms with E-state index in [0.29, 0.717) is 0 Å². The van der Waals surface area contributed by atoms with Crippen LogP contribution in [-0.4, -0.2) is 0 Å². The predicted molar refractivity (Wildman–Crippen MR) is 141 cm³/mol. The van der Waals surface area contributed by atoms with Gasteiger partial charge in [-0.25, -0.2) is 0 Å². The summed E-state index contributed by atoms with van der Waals surface area (Å²) >= 11 is 0. The van der Waals surface area contributed by atoms with E-state index in [4.69, 9.17) is 0 Å². The van der Waals surface area contributed by atoms with Gasteiger partial charge in [-0.3, -0.25) is 0 Å². The molecule has 0 spiro atoms. The Bertz CT molecular complexity index is 1070. The average molecular weight is 451 g/mol. The number of rotatable bonds is 11. The molecule has 0 saturated heterocycles. The second-order valence-corrected chi connectivity index (χ2v) is 9.24. The minimum atomic E-state index is 1.16. The molecule has 0 bridgehead atoms. The summed E-state index contributed by atoms with van der Waals surface area (Å²) in [5.74, 6) is 0. The molecule has 0 aliphatic rings. The molecule has 0 radical (unpaired) electrons. The van der Waals surface area contributed by atoms with Crippen LogP contribution in [0.5, 0.6) is 0 Å². The highest BCUT2D eigenvalue weighted by molar-refractivity contribution is 5.61. The monoisotopic (exact) mass is 450 g/mol. The molecule has 2 heterocycles. The van der Waals surface area contributed by atoms with Gasteiger partial charge >= 0.3 is 0 Å². The van der Waals surface area contributed by atoms with Crippen LogP contribution in [-0.2, 0) is 12.8 Å². The van der Waals surface area contributed by atoms with Gasteiger partial charge in [-0.1, -0.05) is 63.8 Å². The molecule has 2 aromatic heterocycles. The lowest BCUT2D eigenvalue weighted by Crippen LogP contribution is -2.30. The average Bonchev–Trinajstić information content (AvgIpc) is 2.90. The van der Waals surface area contributed by atoms with Gasteiger partial charge in [0.25, 0.3) is 0 Å². The van der Waals surface area contributed by atoms with Gasteiger partial charge in [0.2, 0.25) is 11.4 Å². The topological polar surface area (TPSA) is 7.76 Å². The lowest BCUT2D eigenvalue weighted by molar-refractivity contribution is -0.596. The second kappa shape index (κ2) is 12.3. The number of hydrogen-bond acceptors (Lipinski definition) is 0. The van der Waals surface area contributed by atoms with Crippen molar-refractivity contribution in [2.75, 3.05) is 0 Å². The van der Waals surface area contributed by atoms with Crippen molar-refractivity contribution in [3.63, 3.8) is 0 Å². The minimum Gasteiger partial charge on any atom is -0.167 e. The van der Waals surface area contributed by atoms with Crippen LogP contribution in [0.4, 0.5) is 0 Å². The van der Waals surface area contributed by atoms with Gasteiger partial charge in [-0.2, -0.15) is 9.13 Å². The summed E-state index contributed by atoms with van der Waals surface area (Å²) in [6, 6.07) is 26.7. The molecule has 4 rings (SSSR count). The smallest absolute Gasteiger partial charge is 0.167 e. The van der Waals surface area contributed by atoms with Crippen LogP contribution in [0.3, 0.4) is 0 Å². The molecule has 0 aliphatic carbocycles. The maximum atomic E-state index is 2.32. The van der Waals surface area contributed by atoms with Crippen molar-refractivity contribution < 1.29 is 9.13 Å². The molecule has 174 valence electrons. The summed E-state index contributed by atoms with van der Waals surface area (Å²) in [5, 5.41) is 0. The first-order chi connectivity index (χ1) is 16.8. The highest BCUT2D eigenvalue weighted by Gasteiger charge is 2.10. The highest BCUT2D eigenvalue weighted by Crippen LogP contribution is 2.18. The van der Waals surface area contributed by atoms with Crippen molar-refractivity contribution in [3.8, 4) is 22.5 Å². The summed E-state index contributed by atoms with van der Waals surface area (Å²) in [4.78, 5) is 0. The van der Waals surface area contributed by atoms with Crippen LogP contribution >= 0.6 is 0 Å². The molecule has 0 unspecified atom stereocenters. The molecule has 0 amide bonds. The molecular weight excluding hydrogens is 412 g/mol. The summed E-state index contributed by atoms with van der Waals surface area (Å²) in [6.07, 6.45) is 18.6. The molecule has 4 aromatic rings. The van der Waals surface area contributed by atoms with E-state index >= 15 is 0 Å². The lowest BCUT2D eigenvalue weighted by Gasteiger charge is -2.04. The molecule has 0 N–H and O–H groups in total. The largest absolute Gasteiger partial charge is 0.210 e. The maximum Gasteiger partial charge on any atom is 0.210 e. The van der Waals surface area contributed by atoms with Crippen LogP contribution in [0.15, 0.2) is 97.6 Å². The van der Waals surface area contributed by atoms with Crippen molar-refractivity contribution >= 4 is 0 Å². The SMILES string of the molecule is CCCCCc1cccc(-[n+]2ccc(-c3cc[n+](-c4cccc(CCCCC)c4)cc3)cc2)c1. The molecule has 0 fully saturated rings. The standard InChI is InChI=1S/C32H38N2/c1-3-5-7-11-27-13-9-15-31(25-27)33-21-17-29(18-22-33)30-19-23-34(24-20-30)32-16-10-14-28(26-32)12-8-6-4-2/h9-10,13-26H,3-8,11-12H2,1-2H3/q+2. The van der Waals surface area contributed by atoms with Crippen LogP contribution < -0.4 is 9.13 Å². The number of unbranched alkanes of at least 4 members (excludes halogenated alkanes) is 4. The Hall–Kier alpha value is -3.26. The van der Waals surface area contributed by atoms with Crippen LogP contribution in [0.2, 0.25) is 0 Å². The number of nitrogens with zero attached hydrogens (tertiary/aromatic N) is 2. The Labute approximate surface area is 205 Å². The Balaban J connectivity index is 1.45. The van der Waals surface area contributed by atoms with Crippen molar-refractivity contribution in [1.29, 1.82) is 0 Å². The first-order valence-electron chi connectivity index (χ1n) is 13.0. The fourth-order valence-electron chi connectivity index (χ4n) is 4.49. The molecule has 0 atom stereocenters. The normalized spacial score (nSPS) is 11.0. The van der Waals surface area contributed by atoms with E-state index < -0.39 is 0 Å². The van der Waals surface area contributed by atoms with E-state index in [1.165, 1.54) is 72.2 Å². The van der Waals surface area contributed by atoms with E-state index in [-0.39, 0.29) is 0 Å². The van der Waals surface area contributed by atoms with Gasteiger partial charge in [-0.15, -0.1) is 0 Å². The van der Waals surface area contributed by atoms with Crippen molar-refractivity contribution in [3.05, 3.63) is 109 Å². The summed E-state index contributed by atoms with van der Waals surface area (Å²) in [6.45, 7) is 4.51. The third kappa shape index (κ3) is 6.41. The molecule has 0 aliphatic heterocycles. The quantitative estimate of drug-likeness (QED) is 0.166. The third-order valence-corrected chi connectivity index (χ3v) is 6.55. The first kappa shape index (κ1) is 23.9. The van der Waals surface area contributed by atoms with Gasteiger partial charge < -0.3 is 0 Å². The third-order valence-electron chi connectivity index (χ3n) is 6.55. The zero-order chi connectivity index (χ0) is 23.6. The predicted octanol–water partition coefficient (Wildman–Crippen LogP) is 7.37. The van der Waals surface area contributed by atoms with Crippen LogP contribution in [0.25, 0.3) is 22.5 Å². The number of aromatic nitrogens is 2. The summed E-state index contributed by atoms with van der Waals surface area (Å²) < 4.78 is 4.42. The molecular formula is C32H38N2+2. The fraction of sp³-hybridized carbons (Fsp3) is 0.312. The molecule has 2 aromatic carbocycles. The number of aryl methyl sites for hydroxylation is 2. The Morgan fingerprint density at radius 1 is 0.500 bits per heavy atom. The molecule has 0 saturated carbocycles. The van der Waals surface area contributed by atoms with Gasteiger partial charge in [0.05, 0.1) is 0 Å². The zero-order valence-electron chi connectivity index (χ0n) is 20.8. The number of hydrogen-bond donors (Lipinski definition) is 0. The second-order valence-electron chi connectivity index (χ2n) is 9.24. The van der Waals surface area contributed by atoms with E-state index in [2.05, 4.69) is 121 Å². The Kier molecular flexibility index (Phi) is 8.62. The first-order valence-corrected chi connectivity index (χ1v) is 13.0. The minimum absolute atomic E-state index is 1.16. The van der Waals surface area contributed by atoms with Gasteiger partial charge in [-0.05, 0) is 47.9 Å². The summed E-state index contributed by atoms with van der Waals surface area (Å²) in [7, 11) is 0. The van der Waals surface area contributed by atoms with Gasteiger partial charge in [0.1, 0.15) is 0 Å². The van der Waals surface area contributed by atoms with E-state index in [9.17, 15) is 0 Å². The van der Waals surface area contributed by atoms with E-state index in [0.717, 1.165) is 12.8 Å². The maximum absolute atomic E-state index is 2.32. The van der Waals surface area contributed by atoms with Gasteiger partial charge in [0, 0.05) is 48.5 Å². The zero-order valence-corrected chi connectivity index (χ0v) is 20.8. The Morgan fingerprint density at radius 3 is 1.29 bits per heavy atom. The van der Waals surface area contributed by atoms with Crippen molar-refractivity contribution in [1.82, 2.24) is 0 Å². The van der Waals surface area contributed by atoms with E-state index in [1.54, 1.807) is 0 Å². The van der Waals surface area contributed by atoms with Crippen molar-refractivity contribution in [2.45, 2.75) is 65.2 Å². The molecule has 2 heteroatoms. The fourth-order valence-corrected chi connectivity index (χ4v) is 4.49. The van der Waals surface area contributed by atoms with Crippen LogP contribution in [0, 0.1) is 0 Å². The number of pyridine rings is 2. The van der Waals surface area contributed by atoms with Gasteiger partial charge in [0.15, 0.2) is 24.8 Å². The van der Waals surface area contributed by atoms with Crippen molar-refractivity contribution in [2.24, 2.45) is 0 Å². The molecule has 2 nitrogen and oxygen atoms in total. The lowest BCUT2D eigenvalue weighted by atomic mass is 10.1. The summed E-state index contributed by atoms with van der Waals surface area (Å²) in [5.41, 5.74) is 7.76. The highest BCUT2D eigenvalue weighted by atomic mass is 14.9.